The number of aromatic nitrogens is 2. The minimum absolute atomic E-state index is 0.150. The van der Waals surface area contributed by atoms with Gasteiger partial charge in [0.15, 0.2) is 5.03 Å². The van der Waals surface area contributed by atoms with Crippen LogP contribution in [-0.2, 0) is 16.6 Å². The largest absolute Gasteiger partial charge is 0.316 e. The quantitative estimate of drug-likeness (QED) is 0.789. The Morgan fingerprint density at radius 3 is 2.72 bits per heavy atom. The lowest BCUT2D eigenvalue weighted by Crippen LogP contribution is -2.30. The van der Waals surface area contributed by atoms with Gasteiger partial charge in [-0.25, -0.2) is 8.42 Å². The van der Waals surface area contributed by atoms with E-state index in [4.69, 9.17) is 0 Å². The predicted molar refractivity (Wildman–Crippen MR) is 68.6 cm³/mol. The first-order chi connectivity index (χ1) is 8.46. The molecule has 0 bridgehead atoms. The van der Waals surface area contributed by atoms with E-state index in [9.17, 15) is 8.42 Å². The zero-order chi connectivity index (χ0) is 13.3. The van der Waals surface area contributed by atoms with Crippen molar-refractivity contribution in [2.75, 3.05) is 20.6 Å². The van der Waals surface area contributed by atoms with Crippen molar-refractivity contribution < 1.29 is 8.42 Å². The third kappa shape index (κ3) is 2.57. The summed E-state index contributed by atoms with van der Waals surface area (Å²) in [4.78, 5) is 0. The smallest absolute Gasteiger partial charge is 0.262 e. The van der Waals surface area contributed by atoms with Gasteiger partial charge in [-0.05, 0) is 32.7 Å². The van der Waals surface area contributed by atoms with Crippen molar-refractivity contribution in [1.82, 2.24) is 19.8 Å². The van der Waals surface area contributed by atoms with Gasteiger partial charge >= 0.3 is 0 Å². The van der Waals surface area contributed by atoms with E-state index in [0.717, 1.165) is 24.1 Å². The third-order valence-electron chi connectivity index (χ3n) is 3.26. The molecule has 1 heterocycles. The molecule has 0 spiro atoms. The highest BCUT2D eigenvalue weighted by Gasteiger charge is 2.32. The van der Waals surface area contributed by atoms with Gasteiger partial charge in [0.05, 0.1) is 0 Å². The average molecular weight is 272 g/mol. The topological polar surface area (TPSA) is 78.1 Å². The lowest BCUT2D eigenvalue weighted by molar-refractivity contribution is 0.449. The Kier molecular flexibility index (Phi) is 3.74. The fraction of sp³-hybridized carbons (Fsp3) is 0.727. The average Bonchev–Trinajstić information content (AvgIpc) is 3.04. The Balaban J connectivity index is 2.27. The summed E-state index contributed by atoms with van der Waals surface area (Å²) in [6.07, 6.45) is 2.26. The van der Waals surface area contributed by atoms with E-state index in [1.165, 1.54) is 4.31 Å². The van der Waals surface area contributed by atoms with Crippen LogP contribution >= 0.6 is 0 Å². The number of rotatable bonds is 6. The van der Waals surface area contributed by atoms with Gasteiger partial charge in [-0.1, -0.05) is 0 Å². The number of aromatic amines is 1. The molecule has 0 aromatic carbocycles. The maximum Gasteiger partial charge on any atom is 0.262 e. The zero-order valence-corrected chi connectivity index (χ0v) is 11.8. The van der Waals surface area contributed by atoms with E-state index in [1.54, 1.807) is 14.1 Å². The van der Waals surface area contributed by atoms with Gasteiger partial charge in [-0.2, -0.15) is 9.40 Å². The van der Waals surface area contributed by atoms with Crippen LogP contribution in [0.25, 0.3) is 0 Å². The molecule has 1 aromatic heterocycles. The van der Waals surface area contributed by atoms with Crippen molar-refractivity contribution in [3.8, 4) is 0 Å². The molecule has 0 saturated heterocycles. The molecule has 102 valence electrons. The molecule has 0 amide bonds. The molecule has 1 fully saturated rings. The SMILES string of the molecule is CNCc1c(S(=O)(=O)N(C)CC2CC2)n[nH]c1C. The third-order valence-corrected chi connectivity index (χ3v) is 5.05. The Morgan fingerprint density at radius 2 is 2.17 bits per heavy atom. The summed E-state index contributed by atoms with van der Waals surface area (Å²) in [6, 6.07) is 0. The summed E-state index contributed by atoms with van der Waals surface area (Å²) in [5, 5.41) is 9.84. The molecule has 2 rings (SSSR count). The van der Waals surface area contributed by atoms with Crippen LogP contribution in [0.1, 0.15) is 24.1 Å². The maximum absolute atomic E-state index is 12.4. The second-order valence-corrected chi connectivity index (χ2v) is 6.85. The molecule has 1 aromatic rings. The second-order valence-electron chi connectivity index (χ2n) is 4.89. The van der Waals surface area contributed by atoms with Crippen molar-refractivity contribution in [1.29, 1.82) is 0 Å². The van der Waals surface area contributed by atoms with Crippen LogP contribution < -0.4 is 5.32 Å². The Bertz CT molecular complexity index is 519. The molecule has 2 N–H and O–H groups in total. The number of hydrogen-bond donors (Lipinski definition) is 2. The molecule has 7 heteroatoms. The molecule has 6 nitrogen and oxygen atoms in total. The summed E-state index contributed by atoms with van der Waals surface area (Å²) in [6.45, 7) is 2.92. The van der Waals surface area contributed by atoms with E-state index < -0.39 is 10.0 Å². The molecule has 0 radical (unpaired) electrons. The van der Waals surface area contributed by atoms with Gasteiger partial charge in [-0.3, -0.25) is 5.10 Å². The summed E-state index contributed by atoms with van der Waals surface area (Å²) in [5.41, 5.74) is 1.52. The lowest BCUT2D eigenvalue weighted by atomic mass is 10.3. The summed E-state index contributed by atoms with van der Waals surface area (Å²) in [5.74, 6) is 0.526. The highest BCUT2D eigenvalue weighted by Crippen LogP contribution is 2.31. The molecule has 1 aliphatic carbocycles. The van der Waals surface area contributed by atoms with Gasteiger partial charge in [0, 0.05) is 31.4 Å². The summed E-state index contributed by atoms with van der Waals surface area (Å²) in [7, 11) is -0.0608. The minimum atomic E-state index is -3.48. The Labute approximate surface area is 108 Å². The highest BCUT2D eigenvalue weighted by atomic mass is 32.2. The number of aryl methyl sites for hydroxylation is 1. The van der Waals surface area contributed by atoms with Crippen LogP contribution in [0.4, 0.5) is 0 Å². The van der Waals surface area contributed by atoms with E-state index in [-0.39, 0.29) is 5.03 Å². The first kappa shape index (κ1) is 13.5. The molecule has 1 aliphatic rings. The van der Waals surface area contributed by atoms with Crippen LogP contribution in [0.15, 0.2) is 5.03 Å². The Morgan fingerprint density at radius 1 is 1.50 bits per heavy atom. The number of sulfonamides is 1. The van der Waals surface area contributed by atoms with Crippen LogP contribution in [-0.4, -0.2) is 43.6 Å². The molecule has 0 aliphatic heterocycles. The minimum Gasteiger partial charge on any atom is -0.316 e. The highest BCUT2D eigenvalue weighted by molar-refractivity contribution is 7.89. The monoisotopic (exact) mass is 272 g/mol. The van der Waals surface area contributed by atoms with Crippen molar-refractivity contribution in [2.24, 2.45) is 5.92 Å². The van der Waals surface area contributed by atoms with Crippen LogP contribution in [0.5, 0.6) is 0 Å². The van der Waals surface area contributed by atoms with Gasteiger partial charge in [0.2, 0.25) is 0 Å². The molecule has 0 unspecified atom stereocenters. The van der Waals surface area contributed by atoms with E-state index >= 15 is 0 Å². The summed E-state index contributed by atoms with van der Waals surface area (Å²) < 4.78 is 26.3. The number of H-pyrrole nitrogens is 1. The van der Waals surface area contributed by atoms with Crippen molar-refractivity contribution in [3.05, 3.63) is 11.3 Å². The first-order valence-corrected chi connectivity index (χ1v) is 7.55. The fourth-order valence-electron chi connectivity index (χ4n) is 1.94. The molecule has 1 saturated carbocycles. The van der Waals surface area contributed by atoms with Crippen molar-refractivity contribution in [3.63, 3.8) is 0 Å². The standard InChI is InChI=1S/C11H20N4O2S/c1-8-10(6-12-2)11(14-13-8)18(16,17)15(3)7-9-4-5-9/h9,12H,4-7H2,1-3H3,(H,13,14). The van der Waals surface area contributed by atoms with E-state index in [0.29, 0.717) is 19.0 Å². The Hall–Kier alpha value is -0.920. The van der Waals surface area contributed by atoms with Crippen LogP contribution in [0.2, 0.25) is 0 Å². The predicted octanol–water partition coefficient (Wildman–Crippen LogP) is 0.468. The van der Waals surface area contributed by atoms with Gasteiger partial charge < -0.3 is 5.32 Å². The van der Waals surface area contributed by atoms with Gasteiger partial charge in [0.1, 0.15) is 0 Å². The lowest BCUT2D eigenvalue weighted by Gasteiger charge is -2.16. The number of hydrogen-bond acceptors (Lipinski definition) is 4. The van der Waals surface area contributed by atoms with E-state index in [2.05, 4.69) is 15.5 Å². The van der Waals surface area contributed by atoms with Crippen LogP contribution in [0.3, 0.4) is 0 Å². The van der Waals surface area contributed by atoms with Gasteiger partial charge in [0.25, 0.3) is 10.0 Å². The second kappa shape index (κ2) is 4.99. The van der Waals surface area contributed by atoms with Crippen molar-refractivity contribution >= 4 is 10.0 Å². The number of nitrogens with one attached hydrogen (secondary N) is 2. The molecule has 18 heavy (non-hydrogen) atoms. The fourth-order valence-corrected chi connectivity index (χ4v) is 3.34. The van der Waals surface area contributed by atoms with Crippen molar-refractivity contribution in [2.45, 2.75) is 31.3 Å². The summed E-state index contributed by atoms with van der Waals surface area (Å²) >= 11 is 0. The van der Waals surface area contributed by atoms with Gasteiger partial charge in [-0.15, -0.1) is 0 Å². The molecular weight excluding hydrogens is 252 g/mol. The maximum atomic E-state index is 12.4. The van der Waals surface area contributed by atoms with E-state index in [1.807, 2.05) is 6.92 Å². The molecule has 0 atom stereocenters. The molecular formula is C11H20N4O2S. The number of nitrogens with zero attached hydrogens (tertiary/aromatic N) is 2. The first-order valence-electron chi connectivity index (χ1n) is 6.11. The normalized spacial score (nSPS) is 16.4. The zero-order valence-electron chi connectivity index (χ0n) is 11.0. The van der Waals surface area contributed by atoms with Crippen LogP contribution in [0, 0.1) is 12.8 Å².